The Morgan fingerprint density at radius 1 is 1.09 bits per heavy atom. The number of benzene rings is 2. The van der Waals surface area contributed by atoms with Gasteiger partial charge in [0, 0.05) is 55.4 Å². The molecule has 0 aliphatic carbocycles. The Bertz CT molecular complexity index is 1060. The number of nitrogens with zero attached hydrogens (tertiary/aromatic N) is 2. The molecule has 0 atom stereocenters. The first-order valence-electron chi connectivity index (χ1n) is 10.4. The molecule has 2 aliphatic rings. The molecule has 0 bridgehead atoms. The number of carbonyl (C=O) groups is 1. The van der Waals surface area contributed by atoms with E-state index < -0.39 is 23.5 Å². The van der Waals surface area contributed by atoms with E-state index in [2.05, 4.69) is 29.4 Å². The summed E-state index contributed by atoms with van der Waals surface area (Å²) in [5, 5.41) is 5.28. The van der Waals surface area contributed by atoms with Crippen LogP contribution in [0.3, 0.4) is 0 Å². The molecule has 170 valence electrons. The average molecular weight is 448 g/mol. The van der Waals surface area contributed by atoms with E-state index >= 15 is 0 Å². The molecule has 0 saturated carbocycles. The van der Waals surface area contributed by atoms with E-state index in [0.29, 0.717) is 37.9 Å². The maximum absolute atomic E-state index is 14.2. The second-order valence-electron chi connectivity index (χ2n) is 8.17. The van der Waals surface area contributed by atoms with Gasteiger partial charge < -0.3 is 15.5 Å². The number of carbonyl (C=O) groups excluding carboxylic acids is 1. The van der Waals surface area contributed by atoms with Crippen LogP contribution in [0.15, 0.2) is 42.6 Å². The molecule has 1 amide bonds. The summed E-state index contributed by atoms with van der Waals surface area (Å²) in [5.41, 5.74) is -0.00131. The van der Waals surface area contributed by atoms with E-state index in [1.807, 2.05) is 0 Å². The number of nitrogens with one attached hydrogen (secondary N) is 2. The molecule has 0 spiro atoms. The Balaban J connectivity index is 1.60. The highest BCUT2D eigenvalue weighted by atomic mass is 19.4. The molecule has 2 N–H and O–H groups in total. The Kier molecular flexibility index (Phi) is 5.85. The molecule has 1 fully saturated rings. The molecule has 0 unspecified atom stereocenters. The molecular formula is C23H24F4N4O. The highest BCUT2D eigenvalue weighted by Gasteiger charge is 2.36. The van der Waals surface area contributed by atoms with Crippen LogP contribution in [0.4, 0.5) is 34.6 Å². The summed E-state index contributed by atoms with van der Waals surface area (Å²) in [7, 11) is 0. The molecule has 32 heavy (non-hydrogen) atoms. The van der Waals surface area contributed by atoms with Gasteiger partial charge in [-0.25, -0.2) is 4.39 Å². The van der Waals surface area contributed by atoms with Crippen molar-refractivity contribution in [2.75, 3.05) is 41.7 Å². The van der Waals surface area contributed by atoms with E-state index in [-0.39, 0.29) is 22.5 Å². The number of halogens is 4. The SMILES string of the molecule is CC(C)N1CCN(c2ccc(NC=C3C(=O)Nc4cccc(F)c43)cc2C(F)(F)F)CC1. The number of hydrogen-bond acceptors (Lipinski definition) is 4. The van der Waals surface area contributed by atoms with Gasteiger partial charge in [-0.1, -0.05) is 6.07 Å². The molecule has 9 heteroatoms. The minimum Gasteiger partial charge on any atom is -0.368 e. The normalized spacial score (nSPS) is 18.3. The van der Waals surface area contributed by atoms with E-state index in [1.165, 1.54) is 30.5 Å². The van der Waals surface area contributed by atoms with Crippen molar-refractivity contribution in [3.63, 3.8) is 0 Å². The van der Waals surface area contributed by atoms with Gasteiger partial charge in [0.05, 0.1) is 16.8 Å². The number of anilines is 3. The predicted octanol–water partition coefficient (Wildman–Crippen LogP) is 4.78. The molecule has 2 aromatic carbocycles. The molecule has 5 nitrogen and oxygen atoms in total. The maximum atomic E-state index is 14.2. The highest BCUT2D eigenvalue weighted by molar-refractivity contribution is 6.31. The maximum Gasteiger partial charge on any atom is 0.418 e. The largest absolute Gasteiger partial charge is 0.418 e. The van der Waals surface area contributed by atoms with E-state index in [9.17, 15) is 22.4 Å². The van der Waals surface area contributed by atoms with Crippen LogP contribution in [0, 0.1) is 5.82 Å². The Morgan fingerprint density at radius 2 is 1.81 bits per heavy atom. The predicted molar refractivity (Wildman–Crippen MR) is 117 cm³/mol. The van der Waals surface area contributed by atoms with Crippen molar-refractivity contribution in [3.05, 3.63) is 59.5 Å². The minimum absolute atomic E-state index is 0.0283. The number of rotatable bonds is 4. The van der Waals surface area contributed by atoms with Gasteiger partial charge in [0.2, 0.25) is 0 Å². The van der Waals surface area contributed by atoms with Gasteiger partial charge in [-0.05, 0) is 44.2 Å². The summed E-state index contributed by atoms with van der Waals surface area (Å²) in [6.45, 7) is 6.55. The van der Waals surface area contributed by atoms with Crippen LogP contribution in [0.25, 0.3) is 5.57 Å². The Hall–Kier alpha value is -3.07. The van der Waals surface area contributed by atoms with Gasteiger partial charge in [-0.2, -0.15) is 13.2 Å². The zero-order chi connectivity index (χ0) is 23.0. The molecule has 2 aromatic rings. The first-order valence-corrected chi connectivity index (χ1v) is 10.4. The molecule has 0 radical (unpaired) electrons. The second kappa shape index (κ2) is 8.46. The smallest absolute Gasteiger partial charge is 0.368 e. The quantitative estimate of drug-likeness (QED) is 0.522. The summed E-state index contributed by atoms with van der Waals surface area (Å²) in [6, 6.07) is 8.61. The van der Waals surface area contributed by atoms with Gasteiger partial charge in [0.15, 0.2) is 0 Å². The lowest BCUT2D eigenvalue weighted by atomic mass is 10.1. The van der Waals surface area contributed by atoms with Crippen LogP contribution in [-0.4, -0.2) is 43.0 Å². The fourth-order valence-electron chi connectivity index (χ4n) is 4.11. The lowest BCUT2D eigenvalue weighted by Crippen LogP contribution is -2.49. The number of piperazine rings is 1. The van der Waals surface area contributed by atoms with Gasteiger partial charge in [-0.15, -0.1) is 0 Å². The van der Waals surface area contributed by atoms with E-state index in [4.69, 9.17) is 0 Å². The average Bonchev–Trinajstić information content (AvgIpc) is 3.08. The van der Waals surface area contributed by atoms with Gasteiger partial charge in [-0.3, -0.25) is 9.69 Å². The van der Waals surface area contributed by atoms with Crippen molar-refractivity contribution in [3.8, 4) is 0 Å². The number of alkyl halides is 3. The van der Waals surface area contributed by atoms with Crippen molar-refractivity contribution in [1.82, 2.24) is 4.90 Å². The standard InChI is InChI=1S/C23H24F4N4O/c1-14(2)30-8-10-31(11-9-30)20-7-6-15(12-17(20)23(25,26)27)28-13-16-21-18(24)4-3-5-19(21)29-22(16)32/h3-7,12-14,28H,8-11H2,1-2H3,(H,29,32). The molecule has 0 aromatic heterocycles. The van der Waals surface area contributed by atoms with Crippen LogP contribution < -0.4 is 15.5 Å². The first-order chi connectivity index (χ1) is 15.1. The Labute approximate surface area is 183 Å². The van der Waals surface area contributed by atoms with Crippen molar-refractivity contribution >= 4 is 28.5 Å². The highest BCUT2D eigenvalue weighted by Crippen LogP contribution is 2.39. The van der Waals surface area contributed by atoms with Gasteiger partial charge in [0.25, 0.3) is 5.91 Å². The van der Waals surface area contributed by atoms with Crippen molar-refractivity contribution in [1.29, 1.82) is 0 Å². The minimum atomic E-state index is -4.54. The van der Waals surface area contributed by atoms with Crippen molar-refractivity contribution in [2.24, 2.45) is 0 Å². The monoisotopic (exact) mass is 448 g/mol. The third-order valence-corrected chi connectivity index (χ3v) is 5.85. The fourth-order valence-corrected chi connectivity index (χ4v) is 4.11. The topological polar surface area (TPSA) is 47.6 Å². The second-order valence-corrected chi connectivity index (χ2v) is 8.17. The zero-order valence-electron chi connectivity index (χ0n) is 17.8. The lowest BCUT2D eigenvalue weighted by Gasteiger charge is -2.39. The lowest BCUT2D eigenvalue weighted by molar-refractivity contribution is -0.137. The van der Waals surface area contributed by atoms with Gasteiger partial charge in [0.1, 0.15) is 5.82 Å². The summed E-state index contributed by atoms with van der Waals surface area (Å²) >= 11 is 0. The van der Waals surface area contributed by atoms with Crippen LogP contribution in [0.5, 0.6) is 0 Å². The molecule has 4 rings (SSSR count). The fraction of sp³-hybridized carbons (Fsp3) is 0.348. The first kappa shape index (κ1) is 22.1. The number of amides is 1. The number of fused-ring (bicyclic) bond motifs is 1. The third-order valence-electron chi connectivity index (χ3n) is 5.85. The molecule has 1 saturated heterocycles. The molecule has 2 heterocycles. The zero-order valence-corrected chi connectivity index (χ0v) is 17.8. The molecular weight excluding hydrogens is 424 g/mol. The van der Waals surface area contributed by atoms with E-state index in [0.717, 1.165) is 6.07 Å². The van der Waals surface area contributed by atoms with Crippen LogP contribution in [0.2, 0.25) is 0 Å². The summed E-state index contributed by atoms with van der Waals surface area (Å²) in [6.07, 6.45) is -3.31. The van der Waals surface area contributed by atoms with E-state index in [1.54, 1.807) is 11.0 Å². The van der Waals surface area contributed by atoms with Crippen molar-refractivity contribution < 1.29 is 22.4 Å². The summed E-state index contributed by atoms with van der Waals surface area (Å²) in [5.74, 6) is -1.10. The third kappa shape index (κ3) is 4.29. The number of hydrogen-bond donors (Lipinski definition) is 2. The Morgan fingerprint density at radius 3 is 2.47 bits per heavy atom. The van der Waals surface area contributed by atoms with Crippen LogP contribution >= 0.6 is 0 Å². The van der Waals surface area contributed by atoms with Gasteiger partial charge >= 0.3 is 6.18 Å². The van der Waals surface area contributed by atoms with Crippen LogP contribution in [-0.2, 0) is 11.0 Å². The molecule has 2 aliphatic heterocycles. The summed E-state index contributed by atoms with van der Waals surface area (Å²) < 4.78 is 55.7. The summed E-state index contributed by atoms with van der Waals surface area (Å²) in [4.78, 5) is 16.2. The van der Waals surface area contributed by atoms with Crippen LogP contribution in [0.1, 0.15) is 25.0 Å². The van der Waals surface area contributed by atoms with Crippen molar-refractivity contribution in [2.45, 2.75) is 26.1 Å².